The molecular formula is C13H27N3O2. The molecule has 2 amide bonds. The highest BCUT2D eigenvalue weighted by Crippen LogP contribution is 2.04. The molecule has 0 aliphatic rings. The van der Waals surface area contributed by atoms with Gasteiger partial charge in [0.2, 0.25) is 11.8 Å². The lowest BCUT2D eigenvalue weighted by Gasteiger charge is -2.26. The molecule has 0 fully saturated rings. The molecular weight excluding hydrogens is 230 g/mol. The molecule has 0 aliphatic heterocycles. The zero-order valence-electron chi connectivity index (χ0n) is 12.0. The van der Waals surface area contributed by atoms with Gasteiger partial charge in [-0.15, -0.1) is 0 Å². The van der Waals surface area contributed by atoms with Crippen LogP contribution in [0.2, 0.25) is 0 Å². The second kappa shape index (κ2) is 8.91. The number of rotatable bonds is 8. The Morgan fingerprint density at radius 1 is 1.22 bits per heavy atom. The number of amides is 2. The largest absolute Gasteiger partial charge is 0.355 e. The summed E-state index contributed by atoms with van der Waals surface area (Å²) in [5.41, 5.74) is 5.84. The van der Waals surface area contributed by atoms with Crippen LogP contribution < -0.4 is 11.1 Å². The Bertz CT molecular complexity index is 267. The maximum Gasteiger partial charge on any atom is 0.240 e. The lowest BCUT2D eigenvalue weighted by atomic mass is 10.0. The van der Waals surface area contributed by atoms with Gasteiger partial charge in [-0.05, 0) is 18.8 Å². The summed E-state index contributed by atoms with van der Waals surface area (Å²) in [7, 11) is 0. The summed E-state index contributed by atoms with van der Waals surface area (Å²) in [5, 5.41) is 2.77. The summed E-state index contributed by atoms with van der Waals surface area (Å²) in [5.74, 6) is -0.177. The van der Waals surface area contributed by atoms with Crippen molar-refractivity contribution in [3.05, 3.63) is 0 Å². The van der Waals surface area contributed by atoms with Gasteiger partial charge in [0, 0.05) is 13.1 Å². The SMILES string of the molecule is CCCNC(=O)CN(CCC)C(=O)C(N)C(C)C. The Kier molecular flexibility index (Phi) is 8.37. The number of hydrogen-bond acceptors (Lipinski definition) is 3. The van der Waals surface area contributed by atoms with E-state index in [1.165, 1.54) is 0 Å². The summed E-state index contributed by atoms with van der Waals surface area (Å²) >= 11 is 0. The van der Waals surface area contributed by atoms with Crippen LogP contribution in [0.15, 0.2) is 0 Å². The Morgan fingerprint density at radius 2 is 1.83 bits per heavy atom. The Hall–Kier alpha value is -1.10. The van der Waals surface area contributed by atoms with E-state index < -0.39 is 6.04 Å². The van der Waals surface area contributed by atoms with Crippen molar-refractivity contribution in [1.29, 1.82) is 0 Å². The van der Waals surface area contributed by atoms with Crippen LogP contribution >= 0.6 is 0 Å². The van der Waals surface area contributed by atoms with E-state index in [2.05, 4.69) is 5.32 Å². The molecule has 0 aromatic heterocycles. The van der Waals surface area contributed by atoms with Gasteiger partial charge < -0.3 is 16.0 Å². The van der Waals surface area contributed by atoms with Crippen LogP contribution in [0.25, 0.3) is 0 Å². The van der Waals surface area contributed by atoms with Gasteiger partial charge in [0.1, 0.15) is 0 Å². The lowest BCUT2D eigenvalue weighted by Crippen LogP contribution is -2.50. The van der Waals surface area contributed by atoms with E-state index in [0.29, 0.717) is 13.1 Å². The molecule has 106 valence electrons. The molecule has 1 unspecified atom stereocenters. The predicted octanol–water partition coefficient (Wildman–Crippen LogP) is 0.735. The van der Waals surface area contributed by atoms with Gasteiger partial charge >= 0.3 is 0 Å². The van der Waals surface area contributed by atoms with Crippen LogP contribution in [-0.4, -0.2) is 42.4 Å². The summed E-state index contributed by atoms with van der Waals surface area (Å²) in [6.07, 6.45) is 1.70. The van der Waals surface area contributed by atoms with Crippen molar-refractivity contribution in [2.24, 2.45) is 11.7 Å². The van der Waals surface area contributed by atoms with E-state index in [4.69, 9.17) is 5.73 Å². The van der Waals surface area contributed by atoms with Crippen LogP contribution in [0.1, 0.15) is 40.5 Å². The van der Waals surface area contributed by atoms with E-state index in [0.717, 1.165) is 12.8 Å². The highest BCUT2D eigenvalue weighted by atomic mass is 16.2. The van der Waals surface area contributed by atoms with Crippen molar-refractivity contribution in [2.45, 2.75) is 46.6 Å². The highest BCUT2D eigenvalue weighted by Gasteiger charge is 2.24. The summed E-state index contributed by atoms with van der Waals surface area (Å²) in [6.45, 7) is 9.10. The third kappa shape index (κ3) is 6.00. The van der Waals surface area contributed by atoms with Crippen LogP contribution in [0, 0.1) is 5.92 Å². The van der Waals surface area contributed by atoms with Crippen molar-refractivity contribution in [3.63, 3.8) is 0 Å². The first-order valence-corrected chi connectivity index (χ1v) is 6.75. The zero-order valence-corrected chi connectivity index (χ0v) is 12.0. The zero-order chi connectivity index (χ0) is 14.1. The number of carbonyl (C=O) groups is 2. The normalized spacial score (nSPS) is 12.3. The van der Waals surface area contributed by atoms with Crippen molar-refractivity contribution in [2.75, 3.05) is 19.6 Å². The Balaban J connectivity index is 4.46. The number of nitrogens with two attached hydrogens (primary N) is 1. The maximum atomic E-state index is 12.1. The molecule has 1 atom stereocenters. The minimum atomic E-state index is -0.532. The van der Waals surface area contributed by atoms with Gasteiger partial charge in [-0.2, -0.15) is 0 Å². The first-order valence-electron chi connectivity index (χ1n) is 6.75. The Labute approximate surface area is 110 Å². The average molecular weight is 257 g/mol. The van der Waals surface area contributed by atoms with Crippen LogP contribution in [0.3, 0.4) is 0 Å². The number of nitrogens with one attached hydrogen (secondary N) is 1. The molecule has 0 aromatic carbocycles. The molecule has 5 heteroatoms. The number of hydrogen-bond donors (Lipinski definition) is 2. The molecule has 3 N–H and O–H groups in total. The van der Waals surface area contributed by atoms with Crippen molar-refractivity contribution in [1.82, 2.24) is 10.2 Å². The smallest absolute Gasteiger partial charge is 0.240 e. The summed E-state index contributed by atoms with van der Waals surface area (Å²) in [6, 6.07) is -0.532. The topological polar surface area (TPSA) is 75.4 Å². The first kappa shape index (κ1) is 16.9. The van der Waals surface area contributed by atoms with E-state index in [-0.39, 0.29) is 24.3 Å². The molecule has 0 saturated carbocycles. The summed E-state index contributed by atoms with van der Waals surface area (Å²) in [4.78, 5) is 25.3. The third-order valence-electron chi connectivity index (χ3n) is 2.72. The number of nitrogens with zero attached hydrogens (tertiary/aromatic N) is 1. The van der Waals surface area contributed by atoms with Crippen LogP contribution in [0.4, 0.5) is 0 Å². The first-order chi connectivity index (χ1) is 8.43. The number of carbonyl (C=O) groups excluding carboxylic acids is 2. The highest BCUT2D eigenvalue weighted by molar-refractivity contribution is 5.87. The van der Waals surface area contributed by atoms with Gasteiger partial charge in [0.15, 0.2) is 0 Å². The minimum absolute atomic E-state index is 0.0792. The molecule has 0 bridgehead atoms. The van der Waals surface area contributed by atoms with Crippen LogP contribution in [0.5, 0.6) is 0 Å². The van der Waals surface area contributed by atoms with Gasteiger partial charge in [-0.25, -0.2) is 0 Å². The molecule has 0 aliphatic carbocycles. The fourth-order valence-electron chi connectivity index (χ4n) is 1.53. The second-order valence-electron chi connectivity index (χ2n) is 4.88. The van der Waals surface area contributed by atoms with Gasteiger partial charge in [0.05, 0.1) is 12.6 Å². The van der Waals surface area contributed by atoms with Gasteiger partial charge in [-0.3, -0.25) is 9.59 Å². The lowest BCUT2D eigenvalue weighted by molar-refractivity contribution is -0.137. The third-order valence-corrected chi connectivity index (χ3v) is 2.72. The van der Waals surface area contributed by atoms with Crippen molar-refractivity contribution in [3.8, 4) is 0 Å². The molecule has 0 spiro atoms. The predicted molar refractivity (Wildman–Crippen MR) is 73.0 cm³/mol. The van der Waals surface area contributed by atoms with E-state index in [1.807, 2.05) is 27.7 Å². The monoisotopic (exact) mass is 257 g/mol. The quantitative estimate of drug-likeness (QED) is 0.673. The van der Waals surface area contributed by atoms with Gasteiger partial charge in [0.25, 0.3) is 0 Å². The standard InChI is InChI=1S/C13H27N3O2/c1-5-7-15-11(17)9-16(8-6-2)13(18)12(14)10(3)4/h10,12H,5-9,14H2,1-4H3,(H,15,17). The Morgan fingerprint density at radius 3 is 2.28 bits per heavy atom. The molecule has 0 heterocycles. The molecule has 0 saturated heterocycles. The minimum Gasteiger partial charge on any atom is -0.355 e. The second-order valence-corrected chi connectivity index (χ2v) is 4.88. The fraction of sp³-hybridized carbons (Fsp3) is 0.846. The molecule has 0 radical (unpaired) electrons. The molecule has 18 heavy (non-hydrogen) atoms. The summed E-state index contributed by atoms with van der Waals surface area (Å²) < 4.78 is 0. The van der Waals surface area contributed by atoms with E-state index in [9.17, 15) is 9.59 Å². The molecule has 5 nitrogen and oxygen atoms in total. The maximum absolute atomic E-state index is 12.1. The van der Waals surface area contributed by atoms with E-state index in [1.54, 1.807) is 4.90 Å². The van der Waals surface area contributed by atoms with Crippen LogP contribution in [-0.2, 0) is 9.59 Å². The van der Waals surface area contributed by atoms with E-state index >= 15 is 0 Å². The molecule has 0 rings (SSSR count). The van der Waals surface area contributed by atoms with Crippen molar-refractivity contribution >= 4 is 11.8 Å². The fourth-order valence-corrected chi connectivity index (χ4v) is 1.53. The van der Waals surface area contributed by atoms with Crippen molar-refractivity contribution < 1.29 is 9.59 Å². The van der Waals surface area contributed by atoms with Gasteiger partial charge in [-0.1, -0.05) is 27.7 Å². The molecule has 0 aromatic rings. The average Bonchev–Trinajstić information content (AvgIpc) is 2.33.